The number of anilines is 1. The molecule has 0 aromatic heterocycles. The topological polar surface area (TPSA) is 38.3 Å². The Morgan fingerprint density at radius 1 is 1.10 bits per heavy atom. The van der Waals surface area contributed by atoms with Crippen molar-refractivity contribution in [3.05, 3.63) is 65.7 Å². The van der Waals surface area contributed by atoms with Gasteiger partial charge in [0.15, 0.2) is 0 Å². The second-order valence-corrected chi connectivity index (χ2v) is 4.43. The summed E-state index contributed by atoms with van der Waals surface area (Å²) in [6, 6.07) is 15.2. The molecule has 1 amide bonds. The zero-order chi connectivity index (χ0) is 14.4. The molecule has 3 nitrogen and oxygen atoms in total. The van der Waals surface area contributed by atoms with Crippen LogP contribution in [0.15, 0.2) is 54.6 Å². The molecule has 0 saturated heterocycles. The van der Waals surface area contributed by atoms with Crippen LogP contribution in [-0.2, 0) is 4.79 Å². The van der Waals surface area contributed by atoms with Gasteiger partial charge in [-0.3, -0.25) is 4.79 Å². The summed E-state index contributed by atoms with van der Waals surface area (Å²) in [5.41, 5.74) is 2.81. The van der Waals surface area contributed by atoms with Crippen molar-refractivity contribution >= 4 is 17.7 Å². The Morgan fingerprint density at radius 2 is 1.80 bits per heavy atom. The van der Waals surface area contributed by atoms with Gasteiger partial charge in [0.1, 0.15) is 5.75 Å². The van der Waals surface area contributed by atoms with E-state index >= 15 is 0 Å². The molecular formula is C17H17NO2. The van der Waals surface area contributed by atoms with Gasteiger partial charge in [-0.2, -0.15) is 0 Å². The smallest absolute Gasteiger partial charge is 0.248 e. The number of hydrogen-bond donors (Lipinski definition) is 1. The van der Waals surface area contributed by atoms with Crippen molar-refractivity contribution in [2.75, 3.05) is 12.4 Å². The van der Waals surface area contributed by atoms with Gasteiger partial charge in [0.05, 0.1) is 7.11 Å². The summed E-state index contributed by atoms with van der Waals surface area (Å²) < 4.78 is 5.23. The fourth-order valence-electron chi connectivity index (χ4n) is 1.79. The Labute approximate surface area is 118 Å². The van der Waals surface area contributed by atoms with Crippen LogP contribution >= 0.6 is 0 Å². The molecule has 3 heteroatoms. The monoisotopic (exact) mass is 267 g/mol. The molecule has 0 saturated carbocycles. The van der Waals surface area contributed by atoms with E-state index in [1.807, 2.05) is 55.5 Å². The number of methoxy groups -OCH3 is 1. The van der Waals surface area contributed by atoms with E-state index in [9.17, 15) is 4.79 Å². The number of carbonyl (C=O) groups is 1. The highest BCUT2D eigenvalue weighted by molar-refractivity contribution is 6.02. The van der Waals surface area contributed by atoms with Crippen LogP contribution in [0.2, 0.25) is 0 Å². The fraction of sp³-hybridized carbons (Fsp3) is 0.118. The van der Waals surface area contributed by atoms with Crippen molar-refractivity contribution in [3.8, 4) is 5.75 Å². The number of amides is 1. The average Bonchev–Trinajstić information content (AvgIpc) is 2.48. The molecule has 2 aromatic rings. The number of aryl methyl sites for hydroxylation is 1. The molecule has 0 aliphatic heterocycles. The molecule has 0 aliphatic rings. The first-order valence-electron chi connectivity index (χ1n) is 6.38. The number of carbonyl (C=O) groups excluding carboxylic acids is 1. The van der Waals surface area contributed by atoms with Gasteiger partial charge < -0.3 is 10.1 Å². The summed E-state index contributed by atoms with van der Waals surface area (Å²) in [5, 5.41) is 2.81. The maximum atomic E-state index is 11.8. The first kappa shape index (κ1) is 13.9. The molecule has 2 aromatic carbocycles. The number of hydrogen-bond acceptors (Lipinski definition) is 2. The summed E-state index contributed by atoms with van der Waals surface area (Å²) >= 11 is 0. The van der Waals surface area contributed by atoms with Crippen LogP contribution in [0.5, 0.6) is 5.75 Å². The zero-order valence-electron chi connectivity index (χ0n) is 11.6. The minimum atomic E-state index is -0.167. The van der Waals surface area contributed by atoms with Crippen molar-refractivity contribution in [3.63, 3.8) is 0 Å². The molecule has 0 bridgehead atoms. The maximum absolute atomic E-state index is 11.8. The SMILES string of the molecule is COc1ccccc1C=CC(=O)Nc1ccc(C)cc1. The van der Waals surface area contributed by atoms with Crippen molar-refractivity contribution in [2.24, 2.45) is 0 Å². The van der Waals surface area contributed by atoms with E-state index in [-0.39, 0.29) is 5.91 Å². The number of para-hydroxylation sites is 1. The summed E-state index contributed by atoms with van der Waals surface area (Å²) in [6.07, 6.45) is 3.24. The number of benzene rings is 2. The summed E-state index contributed by atoms with van der Waals surface area (Å²) in [7, 11) is 1.61. The molecule has 20 heavy (non-hydrogen) atoms. The lowest BCUT2D eigenvalue weighted by Crippen LogP contribution is -2.07. The molecule has 0 radical (unpaired) electrons. The number of nitrogens with one attached hydrogen (secondary N) is 1. The molecule has 2 rings (SSSR count). The van der Waals surface area contributed by atoms with Crippen molar-refractivity contribution in [1.29, 1.82) is 0 Å². The molecule has 0 unspecified atom stereocenters. The van der Waals surface area contributed by atoms with Crippen molar-refractivity contribution in [2.45, 2.75) is 6.92 Å². The van der Waals surface area contributed by atoms with E-state index < -0.39 is 0 Å². The number of ether oxygens (including phenoxy) is 1. The molecule has 102 valence electrons. The minimum absolute atomic E-state index is 0.167. The molecule has 0 aliphatic carbocycles. The van der Waals surface area contributed by atoms with Gasteiger partial charge >= 0.3 is 0 Å². The third-order valence-corrected chi connectivity index (χ3v) is 2.87. The van der Waals surface area contributed by atoms with Crippen molar-refractivity contribution in [1.82, 2.24) is 0 Å². The Bertz CT molecular complexity index is 615. The van der Waals surface area contributed by atoms with E-state index in [1.165, 1.54) is 6.08 Å². The van der Waals surface area contributed by atoms with E-state index in [0.717, 1.165) is 22.6 Å². The molecule has 0 atom stereocenters. The van der Waals surface area contributed by atoms with E-state index in [0.29, 0.717) is 0 Å². The van der Waals surface area contributed by atoms with E-state index in [2.05, 4.69) is 5.32 Å². The van der Waals surface area contributed by atoms with Gasteiger partial charge in [-0.15, -0.1) is 0 Å². The minimum Gasteiger partial charge on any atom is -0.496 e. The highest BCUT2D eigenvalue weighted by Gasteiger charge is 2.00. The Morgan fingerprint density at radius 3 is 2.50 bits per heavy atom. The Kier molecular flexibility index (Phi) is 4.56. The number of rotatable bonds is 4. The third kappa shape index (κ3) is 3.72. The predicted octanol–water partition coefficient (Wildman–Crippen LogP) is 3.66. The molecule has 0 fully saturated rings. The normalized spacial score (nSPS) is 10.5. The largest absolute Gasteiger partial charge is 0.496 e. The Balaban J connectivity index is 2.04. The molecule has 1 N–H and O–H groups in total. The lowest BCUT2D eigenvalue weighted by Gasteiger charge is -2.04. The van der Waals surface area contributed by atoms with E-state index in [4.69, 9.17) is 4.74 Å². The lowest BCUT2D eigenvalue weighted by atomic mass is 10.2. The second-order valence-electron chi connectivity index (χ2n) is 4.43. The van der Waals surface area contributed by atoms with Gasteiger partial charge in [0, 0.05) is 17.3 Å². The van der Waals surface area contributed by atoms with E-state index in [1.54, 1.807) is 13.2 Å². The van der Waals surface area contributed by atoms with Gasteiger partial charge in [0.2, 0.25) is 5.91 Å². The fourth-order valence-corrected chi connectivity index (χ4v) is 1.79. The molecule has 0 heterocycles. The molecular weight excluding hydrogens is 250 g/mol. The van der Waals surface area contributed by atoms with Crippen LogP contribution in [0, 0.1) is 6.92 Å². The summed E-state index contributed by atoms with van der Waals surface area (Å²) in [4.78, 5) is 11.8. The molecule has 0 spiro atoms. The third-order valence-electron chi connectivity index (χ3n) is 2.87. The standard InChI is InChI=1S/C17H17NO2/c1-13-7-10-15(11-8-13)18-17(19)12-9-14-5-3-4-6-16(14)20-2/h3-12H,1-2H3,(H,18,19). The van der Waals surface area contributed by atoms with Crippen LogP contribution in [-0.4, -0.2) is 13.0 Å². The predicted molar refractivity (Wildman–Crippen MR) is 81.8 cm³/mol. The first-order chi connectivity index (χ1) is 9.69. The van der Waals surface area contributed by atoms with Gasteiger partial charge in [-0.05, 0) is 31.2 Å². The second kappa shape index (κ2) is 6.57. The zero-order valence-corrected chi connectivity index (χ0v) is 11.6. The Hall–Kier alpha value is -2.55. The first-order valence-corrected chi connectivity index (χ1v) is 6.38. The van der Waals surface area contributed by atoms with Crippen LogP contribution in [0.25, 0.3) is 6.08 Å². The summed E-state index contributed by atoms with van der Waals surface area (Å²) in [6.45, 7) is 2.01. The maximum Gasteiger partial charge on any atom is 0.248 e. The van der Waals surface area contributed by atoms with Crippen molar-refractivity contribution < 1.29 is 9.53 Å². The highest BCUT2D eigenvalue weighted by Crippen LogP contribution is 2.18. The quantitative estimate of drug-likeness (QED) is 0.859. The van der Waals surface area contributed by atoms with Crippen LogP contribution in [0.3, 0.4) is 0 Å². The highest BCUT2D eigenvalue weighted by atomic mass is 16.5. The van der Waals surface area contributed by atoms with Crippen LogP contribution in [0.4, 0.5) is 5.69 Å². The lowest BCUT2D eigenvalue weighted by molar-refractivity contribution is -0.111. The van der Waals surface area contributed by atoms with Crippen LogP contribution in [0.1, 0.15) is 11.1 Å². The average molecular weight is 267 g/mol. The van der Waals surface area contributed by atoms with Gasteiger partial charge in [-0.25, -0.2) is 0 Å². The summed E-state index contributed by atoms with van der Waals surface area (Å²) in [5.74, 6) is 0.576. The van der Waals surface area contributed by atoms with Gasteiger partial charge in [-0.1, -0.05) is 35.9 Å². The van der Waals surface area contributed by atoms with Crippen LogP contribution < -0.4 is 10.1 Å². The van der Waals surface area contributed by atoms with Gasteiger partial charge in [0.25, 0.3) is 0 Å².